The first-order valence-corrected chi connectivity index (χ1v) is 5.23. The van der Waals surface area contributed by atoms with Gasteiger partial charge in [-0.3, -0.25) is 4.79 Å². The second kappa shape index (κ2) is 7.23. The molecule has 0 aliphatic rings. The highest BCUT2D eigenvalue weighted by Gasteiger charge is 2.21. The molecule has 5 heteroatoms. The van der Waals surface area contributed by atoms with Crippen molar-refractivity contribution in [1.82, 2.24) is 10.6 Å². The highest BCUT2D eigenvalue weighted by Crippen LogP contribution is 2.01. The molecule has 3 N–H and O–H groups in total. The quantitative estimate of drug-likeness (QED) is 0.574. The summed E-state index contributed by atoms with van der Waals surface area (Å²) < 4.78 is 0. The van der Waals surface area contributed by atoms with Crippen LogP contribution in [0.1, 0.15) is 33.1 Å². The van der Waals surface area contributed by atoms with Crippen molar-refractivity contribution < 1.29 is 14.7 Å². The van der Waals surface area contributed by atoms with Crippen LogP contribution < -0.4 is 10.6 Å². The lowest BCUT2D eigenvalue weighted by molar-refractivity contribution is -0.142. The van der Waals surface area contributed by atoms with Crippen molar-refractivity contribution >= 4 is 11.9 Å². The molecule has 0 saturated heterocycles. The van der Waals surface area contributed by atoms with E-state index in [0.29, 0.717) is 6.42 Å². The monoisotopic (exact) mass is 216 g/mol. The number of carbonyl (C=O) groups is 2. The van der Waals surface area contributed by atoms with E-state index in [1.54, 1.807) is 14.0 Å². The second-order valence-electron chi connectivity index (χ2n) is 3.55. The van der Waals surface area contributed by atoms with Gasteiger partial charge in [0.25, 0.3) is 0 Å². The molecule has 0 aliphatic carbocycles. The standard InChI is InChI=1S/C10H20N2O3/c1-4-5-6-8(10(14)15)12-9(13)7(2)11-3/h7-8,11H,4-6H2,1-3H3,(H,12,13)(H,14,15)/t7-,8-/m0/s1. The summed E-state index contributed by atoms with van der Waals surface area (Å²) in [4.78, 5) is 22.2. The van der Waals surface area contributed by atoms with Gasteiger partial charge in [-0.25, -0.2) is 4.79 Å². The molecule has 0 rings (SSSR count). The number of hydrogen-bond donors (Lipinski definition) is 3. The average molecular weight is 216 g/mol. The molecular formula is C10H20N2O3. The number of hydrogen-bond acceptors (Lipinski definition) is 3. The third-order valence-electron chi connectivity index (χ3n) is 2.29. The van der Waals surface area contributed by atoms with Crippen LogP contribution in [0.15, 0.2) is 0 Å². The summed E-state index contributed by atoms with van der Waals surface area (Å²) in [5, 5.41) is 14.1. The van der Waals surface area contributed by atoms with Crippen molar-refractivity contribution in [2.45, 2.75) is 45.2 Å². The highest BCUT2D eigenvalue weighted by atomic mass is 16.4. The summed E-state index contributed by atoms with van der Waals surface area (Å²) in [5.41, 5.74) is 0. The molecule has 15 heavy (non-hydrogen) atoms. The van der Waals surface area contributed by atoms with Gasteiger partial charge in [0.15, 0.2) is 0 Å². The number of rotatable bonds is 7. The minimum absolute atomic E-state index is 0.277. The SMILES string of the molecule is CCCC[C@H](NC(=O)[C@H](C)NC)C(=O)O. The summed E-state index contributed by atoms with van der Waals surface area (Å²) in [6, 6.07) is -1.14. The zero-order valence-corrected chi connectivity index (χ0v) is 9.54. The molecule has 0 saturated carbocycles. The smallest absolute Gasteiger partial charge is 0.326 e. The molecule has 0 fully saturated rings. The van der Waals surface area contributed by atoms with Crippen LogP contribution in [0.25, 0.3) is 0 Å². The van der Waals surface area contributed by atoms with Crippen molar-refractivity contribution in [3.05, 3.63) is 0 Å². The van der Waals surface area contributed by atoms with E-state index in [2.05, 4.69) is 10.6 Å². The Morgan fingerprint density at radius 2 is 2.00 bits per heavy atom. The molecule has 1 amide bonds. The van der Waals surface area contributed by atoms with E-state index < -0.39 is 12.0 Å². The van der Waals surface area contributed by atoms with Crippen LogP contribution in [0.4, 0.5) is 0 Å². The molecule has 88 valence electrons. The minimum Gasteiger partial charge on any atom is -0.480 e. The number of aliphatic carboxylic acids is 1. The van der Waals surface area contributed by atoms with E-state index >= 15 is 0 Å². The summed E-state index contributed by atoms with van der Waals surface area (Å²) >= 11 is 0. The predicted molar refractivity (Wildman–Crippen MR) is 57.6 cm³/mol. The molecule has 2 atom stereocenters. The van der Waals surface area contributed by atoms with Gasteiger partial charge in [0.1, 0.15) is 6.04 Å². The molecule has 0 aliphatic heterocycles. The molecule has 0 radical (unpaired) electrons. The first-order valence-electron chi connectivity index (χ1n) is 5.23. The van der Waals surface area contributed by atoms with E-state index in [9.17, 15) is 9.59 Å². The third-order valence-corrected chi connectivity index (χ3v) is 2.29. The lowest BCUT2D eigenvalue weighted by atomic mass is 10.1. The maximum atomic E-state index is 11.4. The number of nitrogens with one attached hydrogen (secondary N) is 2. The Hall–Kier alpha value is -1.10. The van der Waals surface area contributed by atoms with Crippen LogP contribution in [0.2, 0.25) is 0 Å². The minimum atomic E-state index is -0.972. The Labute approximate surface area is 90.2 Å². The Morgan fingerprint density at radius 1 is 1.40 bits per heavy atom. The van der Waals surface area contributed by atoms with Gasteiger partial charge in [-0.2, -0.15) is 0 Å². The number of carbonyl (C=O) groups excluding carboxylic acids is 1. The van der Waals surface area contributed by atoms with Gasteiger partial charge >= 0.3 is 5.97 Å². The maximum absolute atomic E-state index is 11.4. The molecule has 0 aromatic rings. The zero-order valence-electron chi connectivity index (χ0n) is 9.54. The van der Waals surface area contributed by atoms with Gasteiger partial charge < -0.3 is 15.7 Å². The predicted octanol–water partition coefficient (Wildman–Crippen LogP) is 0.354. The van der Waals surface area contributed by atoms with E-state index in [4.69, 9.17) is 5.11 Å². The lowest BCUT2D eigenvalue weighted by Gasteiger charge is -2.17. The number of amides is 1. The summed E-state index contributed by atoms with van der Waals surface area (Å²) in [7, 11) is 1.66. The van der Waals surface area contributed by atoms with Gasteiger partial charge in [0, 0.05) is 0 Å². The molecule has 5 nitrogen and oxygen atoms in total. The van der Waals surface area contributed by atoms with Crippen LogP contribution in [0.3, 0.4) is 0 Å². The normalized spacial score (nSPS) is 14.3. The number of likely N-dealkylation sites (N-methyl/N-ethyl adjacent to an activating group) is 1. The Kier molecular flexibility index (Phi) is 6.70. The average Bonchev–Trinajstić information content (AvgIpc) is 2.22. The van der Waals surface area contributed by atoms with Gasteiger partial charge in [-0.15, -0.1) is 0 Å². The molecule has 0 bridgehead atoms. The van der Waals surface area contributed by atoms with Gasteiger partial charge in [0.2, 0.25) is 5.91 Å². The fourth-order valence-electron chi connectivity index (χ4n) is 1.09. The molecule has 0 aromatic heterocycles. The Morgan fingerprint density at radius 3 is 2.40 bits per heavy atom. The largest absolute Gasteiger partial charge is 0.480 e. The van der Waals surface area contributed by atoms with E-state index in [-0.39, 0.29) is 11.9 Å². The number of carboxylic acid groups (broad SMARTS) is 1. The van der Waals surface area contributed by atoms with Crippen LogP contribution in [0.5, 0.6) is 0 Å². The van der Waals surface area contributed by atoms with E-state index in [1.807, 2.05) is 6.92 Å². The molecule has 0 unspecified atom stereocenters. The molecular weight excluding hydrogens is 196 g/mol. The molecule has 0 spiro atoms. The van der Waals surface area contributed by atoms with Gasteiger partial charge in [-0.1, -0.05) is 19.8 Å². The molecule has 0 heterocycles. The van der Waals surface area contributed by atoms with Gasteiger partial charge in [-0.05, 0) is 20.4 Å². The number of carboxylic acids is 1. The van der Waals surface area contributed by atoms with Crippen molar-refractivity contribution in [1.29, 1.82) is 0 Å². The van der Waals surface area contributed by atoms with Crippen molar-refractivity contribution in [2.75, 3.05) is 7.05 Å². The van der Waals surface area contributed by atoms with Gasteiger partial charge in [0.05, 0.1) is 6.04 Å². The topological polar surface area (TPSA) is 78.4 Å². The third kappa shape index (κ3) is 5.37. The van der Waals surface area contributed by atoms with Crippen molar-refractivity contribution in [2.24, 2.45) is 0 Å². The summed E-state index contributed by atoms with van der Waals surface area (Å²) in [6.07, 6.45) is 2.19. The Bertz CT molecular complexity index is 219. The van der Waals surface area contributed by atoms with Crippen LogP contribution in [0, 0.1) is 0 Å². The number of unbranched alkanes of at least 4 members (excludes halogenated alkanes) is 1. The zero-order chi connectivity index (χ0) is 11.8. The second-order valence-corrected chi connectivity index (χ2v) is 3.55. The summed E-state index contributed by atoms with van der Waals surface area (Å²) in [5.74, 6) is -1.25. The first kappa shape index (κ1) is 13.9. The van der Waals surface area contributed by atoms with Crippen molar-refractivity contribution in [3.8, 4) is 0 Å². The lowest BCUT2D eigenvalue weighted by Crippen LogP contribution is -2.48. The van der Waals surface area contributed by atoms with E-state index in [1.165, 1.54) is 0 Å². The fraction of sp³-hybridized carbons (Fsp3) is 0.800. The summed E-state index contributed by atoms with van der Waals surface area (Å²) in [6.45, 7) is 3.67. The van der Waals surface area contributed by atoms with Crippen LogP contribution >= 0.6 is 0 Å². The van der Waals surface area contributed by atoms with E-state index in [0.717, 1.165) is 12.8 Å². The van der Waals surface area contributed by atoms with Crippen LogP contribution in [-0.4, -0.2) is 36.1 Å². The van der Waals surface area contributed by atoms with Crippen LogP contribution in [-0.2, 0) is 9.59 Å². The fourth-order valence-corrected chi connectivity index (χ4v) is 1.09. The highest BCUT2D eigenvalue weighted by molar-refractivity contribution is 5.86. The first-order chi connectivity index (χ1) is 7.02. The maximum Gasteiger partial charge on any atom is 0.326 e. The van der Waals surface area contributed by atoms with Crippen molar-refractivity contribution in [3.63, 3.8) is 0 Å². The molecule has 0 aromatic carbocycles. The Balaban J connectivity index is 4.16.